The predicted molar refractivity (Wildman–Crippen MR) is 105 cm³/mol. The lowest BCUT2D eigenvalue weighted by Gasteiger charge is -2.14. The van der Waals surface area contributed by atoms with E-state index in [1.807, 2.05) is 31.4 Å². The van der Waals surface area contributed by atoms with Gasteiger partial charge in [0.15, 0.2) is 0 Å². The van der Waals surface area contributed by atoms with Crippen LogP contribution >= 0.6 is 0 Å². The van der Waals surface area contributed by atoms with Crippen molar-refractivity contribution in [3.8, 4) is 5.69 Å². The van der Waals surface area contributed by atoms with Crippen molar-refractivity contribution in [1.82, 2.24) is 9.47 Å². The fraction of sp³-hybridized carbons (Fsp3) is 0.273. The van der Waals surface area contributed by atoms with Crippen LogP contribution in [0.25, 0.3) is 11.8 Å². The molecule has 0 spiro atoms. The lowest BCUT2D eigenvalue weighted by Crippen LogP contribution is -2.24. The molecule has 0 fully saturated rings. The molecule has 0 aliphatic carbocycles. The number of likely N-dealkylation sites (N-methyl/N-ethyl adjacent to an activating group) is 1. The summed E-state index contributed by atoms with van der Waals surface area (Å²) in [6.45, 7) is 7.94. The zero-order valence-electron chi connectivity index (χ0n) is 16.7. The van der Waals surface area contributed by atoms with Crippen LogP contribution in [0.4, 0.5) is 4.39 Å². The van der Waals surface area contributed by atoms with Crippen LogP contribution in [-0.4, -0.2) is 35.0 Å². The molecule has 0 N–H and O–H groups in total. The summed E-state index contributed by atoms with van der Waals surface area (Å²) in [5.74, 6) is -1.04. The normalized spacial score (nSPS) is 15.7. The van der Waals surface area contributed by atoms with E-state index in [0.717, 1.165) is 22.6 Å². The van der Waals surface area contributed by atoms with Gasteiger partial charge in [0.25, 0.3) is 5.91 Å². The summed E-state index contributed by atoms with van der Waals surface area (Å²) in [5.41, 5.74) is 4.69. The minimum Gasteiger partial charge on any atom is -0.465 e. The number of allylic oxidation sites excluding steroid dienone is 1. The Morgan fingerprint density at radius 3 is 2.39 bits per heavy atom. The molecule has 1 aliphatic rings. The molecule has 0 atom stereocenters. The molecule has 1 aliphatic heterocycles. The summed E-state index contributed by atoms with van der Waals surface area (Å²) in [7, 11) is 1.31. The van der Waals surface area contributed by atoms with Crippen molar-refractivity contribution in [3.05, 3.63) is 69.9 Å². The molecule has 3 rings (SSSR count). The van der Waals surface area contributed by atoms with Gasteiger partial charge in [0.05, 0.1) is 18.3 Å². The van der Waals surface area contributed by atoms with E-state index in [1.165, 1.54) is 19.2 Å². The number of hydrogen-bond donors (Lipinski definition) is 0. The topological polar surface area (TPSA) is 51.5 Å². The number of ether oxygens (including phenoxy) is 1. The molecule has 0 radical (unpaired) electrons. The van der Waals surface area contributed by atoms with Crippen LogP contribution in [0, 0.1) is 19.7 Å². The predicted octanol–water partition coefficient (Wildman–Crippen LogP) is 3.93. The first-order valence-electron chi connectivity index (χ1n) is 9.08. The van der Waals surface area contributed by atoms with Crippen molar-refractivity contribution in [2.45, 2.75) is 27.7 Å². The molecule has 146 valence electrons. The first-order valence-corrected chi connectivity index (χ1v) is 9.08. The first kappa shape index (κ1) is 19.6. The smallest absolute Gasteiger partial charge is 0.340 e. The molecule has 1 amide bonds. The largest absolute Gasteiger partial charge is 0.465 e. The standard InChI is InChI=1S/C22H23FN2O3/c1-6-24-15(4)20(22(27)28-5)19(21(24)26)12-16-11-13(2)25(14(16)3)18-9-7-17(23)8-10-18/h7-12H,6H2,1-5H3/b19-12-. The Hall–Kier alpha value is -3.15. The Balaban J connectivity index is 2.13. The summed E-state index contributed by atoms with van der Waals surface area (Å²) in [6, 6.07) is 8.17. The van der Waals surface area contributed by atoms with Crippen LogP contribution in [0.2, 0.25) is 0 Å². The third-order valence-corrected chi connectivity index (χ3v) is 5.07. The van der Waals surface area contributed by atoms with Crippen LogP contribution in [0.5, 0.6) is 0 Å². The molecule has 1 aromatic carbocycles. The molecule has 0 unspecified atom stereocenters. The number of carbonyl (C=O) groups is 2. The van der Waals surface area contributed by atoms with Gasteiger partial charge in [-0.3, -0.25) is 4.79 Å². The minimum absolute atomic E-state index is 0.216. The molecule has 5 nitrogen and oxygen atoms in total. The van der Waals surface area contributed by atoms with Crippen molar-refractivity contribution in [2.24, 2.45) is 0 Å². The van der Waals surface area contributed by atoms with E-state index in [0.29, 0.717) is 23.4 Å². The second-order valence-corrected chi connectivity index (χ2v) is 6.70. The van der Waals surface area contributed by atoms with Gasteiger partial charge in [0, 0.05) is 29.3 Å². The molecular formula is C22H23FN2O3. The number of rotatable bonds is 4. The van der Waals surface area contributed by atoms with Gasteiger partial charge in [0.1, 0.15) is 5.82 Å². The second kappa shape index (κ2) is 7.46. The molecule has 1 aromatic heterocycles. The number of halogens is 1. The summed E-state index contributed by atoms with van der Waals surface area (Å²) in [5, 5.41) is 0. The number of amides is 1. The number of hydrogen-bond acceptors (Lipinski definition) is 3. The van der Waals surface area contributed by atoms with Gasteiger partial charge in [0.2, 0.25) is 0 Å². The molecule has 0 saturated carbocycles. The molecule has 2 heterocycles. The average Bonchev–Trinajstić information content (AvgIpc) is 3.08. The van der Waals surface area contributed by atoms with Gasteiger partial charge in [-0.2, -0.15) is 0 Å². The van der Waals surface area contributed by atoms with Gasteiger partial charge in [-0.05, 0) is 69.7 Å². The molecule has 2 aromatic rings. The molecule has 0 saturated heterocycles. The Bertz CT molecular complexity index is 1010. The number of benzene rings is 1. The third kappa shape index (κ3) is 3.15. The van der Waals surface area contributed by atoms with E-state index in [9.17, 15) is 14.0 Å². The van der Waals surface area contributed by atoms with Crippen molar-refractivity contribution < 1.29 is 18.7 Å². The fourth-order valence-corrected chi connectivity index (χ4v) is 3.69. The van der Waals surface area contributed by atoms with Crippen molar-refractivity contribution in [3.63, 3.8) is 0 Å². The fourth-order valence-electron chi connectivity index (χ4n) is 3.69. The van der Waals surface area contributed by atoms with E-state index in [2.05, 4.69) is 0 Å². The van der Waals surface area contributed by atoms with E-state index in [1.54, 1.807) is 30.0 Å². The highest BCUT2D eigenvalue weighted by Gasteiger charge is 2.36. The van der Waals surface area contributed by atoms with Gasteiger partial charge >= 0.3 is 5.97 Å². The average molecular weight is 382 g/mol. The molecule has 28 heavy (non-hydrogen) atoms. The van der Waals surface area contributed by atoms with Crippen molar-refractivity contribution in [1.29, 1.82) is 0 Å². The monoisotopic (exact) mass is 382 g/mol. The number of aromatic nitrogens is 1. The number of esters is 1. The van der Waals surface area contributed by atoms with Gasteiger partial charge in [-0.15, -0.1) is 0 Å². The Kier molecular flexibility index (Phi) is 5.23. The van der Waals surface area contributed by atoms with Crippen LogP contribution in [0.3, 0.4) is 0 Å². The minimum atomic E-state index is -0.527. The van der Waals surface area contributed by atoms with Crippen LogP contribution in [0.1, 0.15) is 30.8 Å². The van der Waals surface area contributed by atoms with E-state index in [-0.39, 0.29) is 11.7 Å². The van der Waals surface area contributed by atoms with Crippen molar-refractivity contribution in [2.75, 3.05) is 13.7 Å². The maximum absolute atomic E-state index is 13.3. The van der Waals surface area contributed by atoms with E-state index < -0.39 is 5.97 Å². The van der Waals surface area contributed by atoms with E-state index in [4.69, 9.17) is 4.74 Å². The highest BCUT2D eigenvalue weighted by atomic mass is 19.1. The summed E-state index contributed by atoms with van der Waals surface area (Å²) in [4.78, 5) is 26.7. The number of carbonyl (C=O) groups excluding carboxylic acids is 2. The van der Waals surface area contributed by atoms with Crippen LogP contribution < -0.4 is 0 Å². The first-order chi connectivity index (χ1) is 13.3. The Morgan fingerprint density at radius 1 is 1.18 bits per heavy atom. The number of nitrogens with zero attached hydrogens (tertiary/aromatic N) is 2. The van der Waals surface area contributed by atoms with Gasteiger partial charge < -0.3 is 14.2 Å². The maximum Gasteiger partial charge on any atom is 0.340 e. The van der Waals surface area contributed by atoms with Crippen LogP contribution in [0.15, 0.2) is 47.2 Å². The summed E-state index contributed by atoms with van der Waals surface area (Å²) < 4.78 is 20.2. The van der Waals surface area contributed by atoms with Crippen molar-refractivity contribution >= 4 is 18.0 Å². The highest BCUT2D eigenvalue weighted by molar-refractivity contribution is 6.16. The summed E-state index contributed by atoms with van der Waals surface area (Å²) in [6.07, 6.45) is 1.73. The number of methoxy groups -OCH3 is 1. The zero-order valence-corrected chi connectivity index (χ0v) is 16.7. The third-order valence-electron chi connectivity index (χ3n) is 5.07. The Labute approximate surface area is 163 Å². The van der Waals surface area contributed by atoms with E-state index >= 15 is 0 Å². The number of aryl methyl sites for hydroxylation is 1. The SMILES string of the molecule is CCN1C(=O)/C(=C\c2cc(C)n(-c3ccc(F)cc3)c2C)C(C(=O)OC)=C1C. The molecular weight excluding hydrogens is 359 g/mol. The molecule has 0 bridgehead atoms. The van der Waals surface area contributed by atoms with Gasteiger partial charge in [-0.1, -0.05) is 0 Å². The second-order valence-electron chi connectivity index (χ2n) is 6.70. The highest BCUT2D eigenvalue weighted by Crippen LogP contribution is 2.33. The summed E-state index contributed by atoms with van der Waals surface area (Å²) >= 11 is 0. The maximum atomic E-state index is 13.3. The lowest BCUT2D eigenvalue weighted by molar-refractivity contribution is -0.136. The van der Waals surface area contributed by atoms with Gasteiger partial charge in [-0.25, -0.2) is 9.18 Å². The van der Waals surface area contributed by atoms with Crippen LogP contribution in [-0.2, 0) is 14.3 Å². The zero-order chi connectivity index (χ0) is 20.6. The quantitative estimate of drug-likeness (QED) is 0.595. The lowest BCUT2D eigenvalue weighted by atomic mass is 10.0. The molecule has 6 heteroatoms. The Morgan fingerprint density at radius 2 is 1.82 bits per heavy atom.